The predicted octanol–water partition coefficient (Wildman–Crippen LogP) is 3.65. The van der Waals surface area contributed by atoms with Crippen LogP contribution in [0.3, 0.4) is 0 Å². The molecule has 0 saturated heterocycles. The number of hydrogen-bond acceptors (Lipinski definition) is 6. The van der Waals surface area contributed by atoms with E-state index in [1.165, 1.54) is 10.6 Å². The molecule has 0 radical (unpaired) electrons. The molecule has 1 aliphatic heterocycles. The van der Waals surface area contributed by atoms with Gasteiger partial charge in [0.15, 0.2) is 6.61 Å². The fraction of sp³-hybridized carbons (Fsp3) is 0.625. The standard InChI is InChI=1S/C24H30F4N4O3S/c1-31-18(3-2-4-20(31)33)21(34)29-16-5-9-23(25,10-6-16)11-14-32-12-7-17-19(8-13-32)36-22(30-17)35-15-24(26,27)28/h2-4,16H,5-15H2,1H3,(H,29,34)/t16-,23+. The molecule has 1 saturated carbocycles. The molecule has 7 nitrogen and oxygen atoms in total. The van der Waals surface area contributed by atoms with E-state index in [1.807, 2.05) is 0 Å². The zero-order valence-corrected chi connectivity index (χ0v) is 20.9. The van der Waals surface area contributed by atoms with Crippen LogP contribution in [0.25, 0.3) is 0 Å². The molecule has 0 spiro atoms. The molecule has 1 amide bonds. The van der Waals surface area contributed by atoms with Crippen molar-refractivity contribution in [1.82, 2.24) is 19.8 Å². The number of ether oxygens (including phenoxy) is 1. The average Bonchev–Trinajstić information content (AvgIpc) is 3.12. The summed E-state index contributed by atoms with van der Waals surface area (Å²) in [7, 11) is 1.55. The summed E-state index contributed by atoms with van der Waals surface area (Å²) in [5.41, 5.74) is -0.511. The highest BCUT2D eigenvalue weighted by atomic mass is 32.1. The molecule has 1 fully saturated rings. The van der Waals surface area contributed by atoms with E-state index >= 15 is 4.39 Å². The van der Waals surface area contributed by atoms with Gasteiger partial charge in [-0.05, 0) is 44.6 Å². The molecule has 2 aromatic heterocycles. The quantitative estimate of drug-likeness (QED) is 0.553. The number of amides is 1. The minimum atomic E-state index is -4.39. The van der Waals surface area contributed by atoms with Gasteiger partial charge in [-0.25, -0.2) is 9.37 Å². The van der Waals surface area contributed by atoms with Gasteiger partial charge in [-0.1, -0.05) is 17.4 Å². The number of aromatic nitrogens is 2. The highest BCUT2D eigenvalue weighted by molar-refractivity contribution is 7.13. The first-order chi connectivity index (χ1) is 17.0. The predicted molar refractivity (Wildman–Crippen MR) is 127 cm³/mol. The molecule has 0 atom stereocenters. The Morgan fingerprint density at radius 1 is 1.25 bits per heavy atom. The molecular formula is C24H30F4N4O3S. The molecule has 2 aromatic rings. The highest BCUT2D eigenvalue weighted by Crippen LogP contribution is 2.36. The third-order valence-electron chi connectivity index (χ3n) is 6.95. The minimum Gasteiger partial charge on any atom is -0.460 e. The topological polar surface area (TPSA) is 76.5 Å². The van der Waals surface area contributed by atoms with Crippen LogP contribution in [0.5, 0.6) is 5.19 Å². The molecular weight excluding hydrogens is 500 g/mol. The van der Waals surface area contributed by atoms with Crippen LogP contribution in [0.1, 0.15) is 53.2 Å². The maximum Gasteiger partial charge on any atom is 0.422 e. The number of hydrogen-bond donors (Lipinski definition) is 1. The van der Waals surface area contributed by atoms with E-state index in [9.17, 15) is 22.8 Å². The third kappa shape index (κ3) is 6.84. The van der Waals surface area contributed by atoms with E-state index in [0.717, 1.165) is 21.9 Å². The lowest BCUT2D eigenvalue weighted by molar-refractivity contribution is -0.153. The summed E-state index contributed by atoms with van der Waals surface area (Å²) in [6, 6.07) is 4.39. The smallest absolute Gasteiger partial charge is 0.422 e. The van der Waals surface area contributed by atoms with Crippen LogP contribution in [0, 0.1) is 0 Å². The summed E-state index contributed by atoms with van der Waals surface area (Å²) < 4.78 is 58.7. The Kier molecular flexibility index (Phi) is 8.03. The fourth-order valence-electron chi connectivity index (χ4n) is 4.75. The van der Waals surface area contributed by atoms with Gasteiger partial charge in [0.05, 0.1) is 5.69 Å². The van der Waals surface area contributed by atoms with Crippen molar-refractivity contribution in [2.75, 3.05) is 26.2 Å². The van der Waals surface area contributed by atoms with Gasteiger partial charge in [0.2, 0.25) is 0 Å². The summed E-state index contributed by atoms with van der Waals surface area (Å²) >= 11 is 1.15. The SMILES string of the molecule is Cn1c(C(=O)N[C@H]2CC[C@](F)(CCN3CCc4nc(OCC(F)(F)F)sc4CC3)CC2)cccc1=O. The largest absolute Gasteiger partial charge is 0.460 e. The summed E-state index contributed by atoms with van der Waals surface area (Å²) in [6.45, 7) is 0.602. The Balaban J connectivity index is 1.21. The Hall–Kier alpha value is -2.47. The zero-order valence-electron chi connectivity index (χ0n) is 20.1. The first kappa shape index (κ1) is 26.6. The Morgan fingerprint density at radius 3 is 2.69 bits per heavy atom. The molecule has 2 aliphatic rings. The van der Waals surface area contributed by atoms with Crippen LogP contribution in [0.4, 0.5) is 17.6 Å². The first-order valence-electron chi connectivity index (χ1n) is 12.1. The second-order valence-corrected chi connectivity index (χ2v) is 10.6. The molecule has 0 aromatic carbocycles. The van der Waals surface area contributed by atoms with E-state index < -0.39 is 18.5 Å². The molecule has 1 aliphatic carbocycles. The maximum absolute atomic E-state index is 15.5. The summed E-state index contributed by atoms with van der Waals surface area (Å²) in [5, 5.41) is 2.98. The number of pyridine rings is 1. The van der Waals surface area contributed by atoms with Crippen LogP contribution in [0.2, 0.25) is 0 Å². The van der Waals surface area contributed by atoms with Crippen LogP contribution >= 0.6 is 11.3 Å². The highest BCUT2D eigenvalue weighted by Gasteiger charge is 2.36. The molecule has 36 heavy (non-hydrogen) atoms. The van der Waals surface area contributed by atoms with Crippen molar-refractivity contribution in [2.45, 2.75) is 62.8 Å². The minimum absolute atomic E-state index is 0.0480. The number of fused-ring (bicyclic) bond motifs is 1. The van der Waals surface area contributed by atoms with E-state index in [4.69, 9.17) is 4.74 Å². The molecule has 3 heterocycles. The van der Waals surface area contributed by atoms with Gasteiger partial charge in [-0.3, -0.25) is 9.59 Å². The van der Waals surface area contributed by atoms with Crippen molar-refractivity contribution >= 4 is 17.2 Å². The second-order valence-electron chi connectivity index (χ2n) is 9.55. The normalized spacial score (nSPS) is 23.1. The lowest BCUT2D eigenvalue weighted by Crippen LogP contribution is -2.44. The van der Waals surface area contributed by atoms with Crippen molar-refractivity contribution < 1.29 is 27.1 Å². The molecule has 4 rings (SSSR count). The number of nitrogens with zero attached hydrogens (tertiary/aromatic N) is 3. The van der Waals surface area contributed by atoms with Gasteiger partial charge in [0.25, 0.3) is 16.7 Å². The van der Waals surface area contributed by atoms with Gasteiger partial charge in [0.1, 0.15) is 11.4 Å². The van der Waals surface area contributed by atoms with Crippen molar-refractivity contribution in [1.29, 1.82) is 0 Å². The van der Waals surface area contributed by atoms with Gasteiger partial charge < -0.3 is 19.5 Å². The van der Waals surface area contributed by atoms with Crippen molar-refractivity contribution in [3.63, 3.8) is 0 Å². The van der Waals surface area contributed by atoms with Crippen molar-refractivity contribution in [3.05, 3.63) is 44.8 Å². The van der Waals surface area contributed by atoms with Crippen LogP contribution in [-0.2, 0) is 19.9 Å². The monoisotopic (exact) mass is 530 g/mol. The van der Waals surface area contributed by atoms with E-state index in [2.05, 4.69) is 15.2 Å². The van der Waals surface area contributed by atoms with E-state index in [0.29, 0.717) is 64.6 Å². The Morgan fingerprint density at radius 2 is 1.97 bits per heavy atom. The van der Waals surface area contributed by atoms with Crippen molar-refractivity contribution in [2.24, 2.45) is 7.05 Å². The number of thiazole rings is 1. The number of rotatable bonds is 7. The van der Waals surface area contributed by atoms with Crippen LogP contribution < -0.4 is 15.6 Å². The number of carbonyl (C=O) groups excluding carboxylic acids is 1. The van der Waals surface area contributed by atoms with Gasteiger partial charge in [-0.2, -0.15) is 13.2 Å². The molecule has 0 unspecified atom stereocenters. The second kappa shape index (κ2) is 10.9. The molecule has 198 valence electrons. The number of alkyl halides is 4. The van der Waals surface area contributed by atoms with E-state index in [-0.39, 0.29) is 28.4 Å². The third-order valence-corrected chi connectivity index (χ3v) is 8.02. The average molecular weight is 531 g/mol. The first-order valence-corrected chi connectivity index (χ1v) is 12.9. The summed E-state index contributed by atoms with van der Waals surface area (Å²) in [6.07, 6.45) is -0.983. The van der Waals surface area contributed by atoms with Gasteiger partial charge in [-0.15, -0.1) is 0 Å². The summed E-state index contributed by atoms with van der Waals surface area (Å²) in [4.78, 5) is 31.6. The Labute approximate surface area is 210 Å². The van der Waals surface area contributed by atoms with E-state index in [1.54, 1.807) is 19.2 Å². The van der Waals surface area contributed by atoms with Gasteiger partial charge >= 0.3 is 6.18 Å². The van der Waals surface area contributed by atoms with Crippen molar-refractivity contribution in [3.8, 4) is 5.19 Å². The summed E-state index contributed by atoms with van der Waals surface area (Å²) in [5.74, 6) is -0.329. The van der Waals surface area contributed by atoms with Crippen LogP contribution in [-0.4, -0.2) is 64.5 Å². The molecule has 12 heteroatoms. The zero-order chi connectivity index (χ0) is 25.9. The van der Waals surface area contributed by atoms with Crippen LogP contribution in [0.15, 0.2) is 23.0 Å². The van der Waals surface area contributed by atoms with Gasteiger partial charge in [0, 0.05) is 50.1 Å². The fourth-order valence-corrected chi connectivity index (χ4v) is 5.70. The molecule has 0 bridgehead atoms. The Bertz CT molecular complexity index is 1100. The lowest BCUT2D eigenvalue weighted by Gasteiger charge is -2.35. The molecule has 1 N–H and O–H groups in total. The number of nitrogens with one attached hydrogen (secondary N) is 1. The number of carbonyl (C=O) groups is 1. The lowest BCUT2D eigenvalue weighted by atomic mass is 9.81. The maximum atomic E-state index is 15.5. The number of halogens is 4.